The van der Waals surface area contributed by atoms with Crippen LogP contribution in [0.3, 0.4) is 0 Å². The molecule has 0 N–H and O–H groups in total. The van der Waals surface area contributed by atoms with Crippen LogP contribution in [-0.2, 0) is 0 Å². The summed E-state index contributed by atoms with van der Waals surface area (Å²) >= 11 is 0. The molecular weight excluding hydrogens is 370 g/mol. The van der Waals surface area contributed by atoms with Crippen molar-refractivity contribution in [3.8, 4) is 0 Å². The number of nitrogens with zero attached hydrogens (tertiary/aromatic N) is 3. The summed E-state index contributed by atoms with van der Waals surface area (Å²) in [5.74, 6) is 3.64. The van der Waals surface area contributed by atoms with E-state index in [2.05, 4.69) is 31.9 Å². The molecule has 0 aromatic rings. The molecule has 8 atom stereocenters. The lowest BCUT2D eigenvalue weighted by Gasteiger charge is -2.58. The number of hydrogen-bond donors (Lipinski definition) is 0. The Morgan fingerprint density at radius 3 is 2.53 bits per heavy atom. The molecular formula is C26H43N3O. The quantitative estimate of drug-likeness (QED) is 0.574. The van der Waals surface area contributed by atoms with E-state index in [1.807, 2.05) is 26.0 Å². The molecule has 1 unspecified atom stereocenters. The maximum absolute atomic E-state index is 12.5. The van der Waals surface area contributed by atoms with E-state index >= 15 is 0 Å². The van der Waals surface area contributed by atoms with E-state index in [0.717, 1.165) is 42.6 Å². The largest absolute Gasteiger partial charge is 0.331 e. The van der Waals surface area contributed by atoms with E-state index in [-0.39, 0.29) is 6.03 Å². The second-order valence-corrected chi connectivity index (χ2v) is 12.1. The third kappa shape index (κ3) is 2.71. The Bertz CT molecular complexity index is 747. The highest BCUT2D eigenvalue weighted by Gasteiger charge is 2.64. The Morgan fingerprint density at radius 2 is 1.80 bits per heavy atom. The van der Waals surface area contributed by atoms with Crippen LogP contribution in [0.1, 0.15) is 65.2 Å². The summed E-state index contributed by atoms with van der Waals surface area (Å²) in [4.78, 5) is 18.9. The SMILES string of the molecule is C[C@H]1[C@H]2CC[C@H]3[C@@H]4CC=C5C[C@@H](N(C)C(=O)N(C)C)CC[C@]5(C)C4CC[C@]23CN1C. The summed E-state index contributed by atoms with van der Waals surface area (Å²) in [5.41, 5.74) is 2.67. The smallest absolute Gasteiger partial charge is 0.319 e. The van der Waals surface area contributed by atoms with Crippen LogP contribution < -0.4 is 0 Å². The summed E-state index contributed by atoms with van der Waals surface area (Å²) < 4.78 is 0. The summed E-state index contributed by atoms with van der Waals surface area (Å²) in [6.07, 6.45) is 13.3. The second-order valence-electron chi connectivity index (χ2n) is 12.1. The third-order valence-corrected chi connectivity index (χ3v) is 10.9. The normalized spacial score (nSPS) is 47.6. The Labute approximate surface area is 184 Å². The summed E-state index contributed by atoms with van der Waals surface area (Å²) in [6.45, 7) is 6.42. The number of fused-ring (bicyclic) bond motifs is 4. The number of hydrogen-bond acceptors (Lipinski definition) is 2. The van der Waals surface area contributed by atoms with E-state index < -0.39 is 0 Å². The molecule has 2 amide bonds. The second kappa shape index (κ2) is 6.98. The number of allylic oxidation sites excluding steroid dienone is 1. The van der Waals surface area contributed by atoms with E-state index in [9.17, 15) is 4.79 Å². The van der Waals surface area contributed by atoms with Gasteiger partial charge in [0, 0.05) is 39.8 Å². The minimum atomic E-state index is 0.147. The molecule has 0 bridgehead atoms. The molecule has 4 nitrogen and oxygen atoms in total. The van der Waals surface area contributed by atoms with Crippen molar-refractivity contribution in [3.63, 3.8) is 0 Å². The van der Waals surface area contributed by atoms with Crippen molar-refractivity contribution in [2.75, 3.05) is 34.7 Å². The van der Waals surface area contributed by atoms with Crippen molar-refractivity contribution in [3.05, 3.63) is 11.6 Å². The van der Waals surface area contributed by atoms with Gasteiger partial charge in [0.25, 0.3) is 0 Å². The molecule has 5 aliphatic rings. The van der Waals surface area contributed by atoms with Crippen molar-refractivity contribution >= 4 is 6.03 Å². The molecule has 4 heteroatoms. The molecule has 30 heavy (non-hydrogen) atoms. The van der Waals surface area contributed by atoms with Crippen LogP contribution in [0.5, 0.6) is 0 Å². The van der Waals surface area contributed by atoms with Crippen LogP contribution >= 0.6 is 0 Å². The van der Waals surface area contributed by atoms with Gasteiger partial charge in [-0.3, -0.25) is 0 Å². The van der Waals surface area contributed by atoms with Gasteiger partial charge in [-0.05, 0) is 99.8 Å². The molecule has 1 heterocycles. The minimum Gasteiger partial charge on any atom is -0.331 e. The van der Waals surface area contributed by atoms with Gasteiger partial charge in [0.05, 0.1) is 0 Å². The Hall–Kier alpha value is -1.03. The molecule has 0 aromatic heterocycles. The van der Waals surface area contributed by atoms with Crippen LogP contribution in [0.15, 0.2) is 11.6 Å². The zero-order chi connectivity index (χ0) is 21.4. The number of rotatable bonds is 1. The van der Waals surface area contributed by atoms with Crippen LogP contribution in [0.25, 0.3) is 0 Å². The van der Waals surface area contributed by atoms with Crippen LogP contribution in [0.4, 0.5) is 4.79 Å². The lowest BCUT2D eigenvalue weighted by Crippen LogP contribution is -2.53. The molecule has 1 aliphatic heterocycles. The molecule has 1 saturated heterocycles. The van der Waals surface area contributed by atoms with Crippen LogP contribution in [-0.4, -0.2) is 67.5 Å². The average molecular weight is 414 g/mol. The zero-order valence-electron chi connectivity index (χ0n) is 20.2. The number of carbonyl (C=O) groups is 1. The van der Waals surface area contributed by atoms with Gasteiger partial charge in [-0.15, -0.1) is 0 Å². The predicted molar refractivity (Wildman–Crippen MR) is 122 cm³/mol. The van der Waals surface area contributed by atoms with Gasteiger partial charge >= 0.3 is 6.03 Å². The first kappa shape index (κ1) is 20.8. The summed E-state index contributed by atoms with van der Waals surface area (Å²) in [6, 6.07) is 1.29. The highest BCUT2D eigenvalue weighted by atomic mass is 16.2. The van der Waals surface area contributed by atoms with E-state index in [1.165, 1.54) is 45.1 Å². The van der Waals surface area contributed by atoms with Gasteiger partial charge < -0.3 is 14.7 Å². The number of amides is 2. The van der Waals surface area contributed by atoms with Gasteiger partial charge in [-0.25, -0.2) is 4.79 Å². The van der Waals surface area contributed by atoms with E-state index in [1.54, 1.807) is 10.5 Å². The first-order chi connectivity index (χ1) is 14.2. The molecule has 4 aliphatic carbocycles. The molecule has 1 spiro atoms. The Kier molecular flexibility index (Phi) is 4.85. The van der Waals surface area contributed by atoms with E-state index in [0.29, 0.717) is 16.9 Å². The highest BCUT2D eigenvalue weighted by molar-refractivity contribution is 5.73. The topological polar surface area (TPSA) is 26.8 Å². The third-order valence-electron chi connectivity index (χ3n) is 10.9. The first-order valence-electron chi connectivity index (χ1n) is 12.5. The van der Waals surface area contributed by atoms with E-state index in [4.69, 9.17) is 0 Å². The van der Waals surface area contributed by atoms with Gasteiger partial charge in [0.1, 0.15) is 0 Å². The number of urea groups is 1. The van der Waals surface area contributed by atoms with Crippen LogP contribution in [0.2, 0.25) is 0 Å². The van der Waals surface area contributed by atoms with Crippen molar-refractivity contribution in [2.24, 2.45) is 34.5 Å². The van der Waals surface area contributed by atoms with Gasteiger partial charge in [0.15, 0.2) is 0 Å². The lowest BCUT2D eigenvalue weighted by atomic mass is 9.47. The Morgan fingerprint density at radius 1 is 1.07 bits per heavy atom. The van der Waals surface area contributed by atoms with Crippen molar-refractivity contribution in [1.29, 1.82) is 0 Å². The molecule has 3 saturated carbocycles. The maximum atomic E-state index is 12.5. The number of likely N-dealkylation sites (tertiary alicyclic amines) is 1. The molecule has 0 radical (unpaired) electrons. The molecule has 4 fully saturated rings. The predicted octanol–water partition coefficient (Wildman–Crippen LogP) is 4.86. The molecule has 5 rings (SSSR count). The van der Waals surface area contributed by atoms with Crippen molar-refractivity contribution in [1.82, 2.24) is 14.7 Å². The fourth-order valence-corrected chi connectivity index (χ4v) is 9.25. The monoisotopic (exact) mass is 413 g/mol. The van der Waals surface area contributed by atoms with Crippen LogP contribution in [0, 0.1) is 34.5 Å². The van der Waals surface area contributed by atoms with Gasteiger partial charge in [-0.1, -0.05) is 18.6 Å². The highest BCUT2D eigenvalue weighted by Crippen LogP contribution is 2.68. The van der Waals surface area contributed by atoms with Crippen molar-refractivity contribution < 1.29 is 4.79 Å². The summed E-state index contributed by atoms with van der Waals surface area (Å²) in [5, 5.41) is 0. The Balaban J connectivity index is 1.38. The lowest BCUT2D eigenvalue weighted by molar-refractivity contribution is -0.0428. The van der Waals surface area contributed by atoms with Gasteiger partial charge in [-0.2, -0.15) is 0 Å². The average Bonchev–Trinajstić information content (AvgIpc) is 3.20. The zero-order valence-corrected chi connectivity index (χ0v) is 20.2. The molecule has 0 aromatic carbocycles. The fourth-order valence-electron chi connectivity index (χ4n) is 9.25. The fraction of sp³-hybridized carbons (Fsp3) is 0.885. The standard InChI is InChI=1S/C26H43N3O/c1-17-21-9-10-23-20-8-7-18-15-19(29(6)24(30)27(3)4)11-13-25(18,2)22(20)12-14-26(21,23)16-28(17)5/h7,17,19-23H,8-16H2,1-6H3/t17-,19-,20+,21+,22?,23-,25-,26-/m0/s1. The summed E-state index contributed by atoms with van der Waals surface area (Å²) in [7, 11) is 8.10. The number of carbonyl (C=O) groups excluding carboxylic acids is 1. The van der Waals surface area contributed by atoms with Crippen molar-refractivity contribution in [2.45, 2.75) is 77.3 Å². The molecule has 168 valence electrons. The maximum Gasteiger partial charge on any atom is 0.319 e. The van der Waals surface area contributed by atoms with Gasteiger partial charge in [0.2, 0.25) is 0 Å². The minimum absolute atomic E-state index is 0.147. The first-order valence-corrected chi connectivity index (χ1v) is 12.5.